The minimum Gasteiger partial charge on any atom is -0.456 e. The minimum atomic E-state index is 0.917. The number of anilines is 2. The second-order valence-corrected chi connectivity index (χ2v) is 14.1. The predicted molar refractivity (Wildman–Crippen MR) is 218 cm³/mol. The Morgan fingerprint density at radius 1 is 0.314 bits per heavy atom. The van der Waals surface area contributed by atoms with E-state index in [2.05, 4.69) is 175 Å². The van der Waals surface area contributed by atoms with Gasteiger partial charge in [0, 0.05) is 42.3 Å². The fourth-order valence-corrected chi connectivity index (χ4v) is 8.31. The molecule has 0 amide bonds. The molecule has 10 rings (SSSR count). The zero-order valence-corrected chi connectivity index (χ0v) is 28.5. The monoisotopic (exact) mass is 669 g/mol. The predicted octanol–water partition coefficient (Wildman–Crippen LogP) is 14.4. The lowest BCUT2D eigenvalue weighted by Crippen LogP contribution is -1.90. The van der Waals surface area contributed by atoms with Gasteiger partial charge in [-0.05, 0) is 117 Å². The topological polar surface area (TPSA) is 25.2 Å². The minimum absolute atomic E-state index is 0.917. The molecule has 2 heterocycles. The Balaban J connectivity index is 0.858. The van der Waals surface area contributed by atoms with E-state index in [-0.39, 0.29) is 0 Å². The molecular formula is C48H31NOS. The number of furan rings is 1. The molecule has 240 valence electrons. The largest absolute Gasteiger partial charge is 0.456 e. The molecule has 0 spiro atoms. The van der Waals surface area contributed by atoms with Gasteiger partial charge in [0.25, 0.3) is 0 Å². The van der Waals surface area contributed by atoms with Crippen LogP contribution in [0.15, 0.2) is 186 Å². The van der Waals surface area contributed by atoms with Gasteiger partial charge in [0.1, 0.15) is 11.2 Å². The first-order valence-corrected chi connectivity index (χ1v) is 18.0. The second kappa shape index (κ2) is 12.2. The van der Waals surface area contributed by atoms with Gasteiger partial charge < -0.3 is 9.73 Å². The SMILES string of the molecule is c1cc(-c2ccc(Nc3ccc(-c4cccc(-c5ccc6sc7ccccc7c6c5)c4)cc3)cc2)cc(-c2ccc3oc4ccccc4c3c2)c1. The molecule has 0 bridgehead atoms. The van der Waals surface area contributed by atoms with E-state index in [1.54, 1.807) is 0 Å². The van der Waals surface area contributed by atoms with E-state index in [9.17, 15) is 0 Å². The second-order valence-electron chi connectivity index (χ2n) is 13.1. The fourth-order valence-electron chi connectivity index (χ4n) is 7.23. The summed E-state index contributed by atoms with van der Waals surface area (Å²) in [7, 11) is 0. The van der Waals surface area contributed by atoms with Crippen molar-refractivity contribution in [2.45, 2.75) is 0 Å². The van der Waals surface area contributed by atoms with Crippen molar-refractivity contribution in [1.82, 2.24) is 0 Å². The van der Waals surface area contributed by atoms with Gasteiger partial charge in [-0.15, -0.1) is 11.3 Å². The quantitative estimate of drug-likeness (QED) is 0.191. The van der Waals surface area contributed by atoms with Gasteiger partial charge in [0.2, 0.25) is 0 Å². The summed E-state index contributed by atoms with van der Waals surface area (Å²) in [6.07, 6.45) is 0. The average molecular weight is 670 g/mol. The maximum absolute atomic E-state index is 6.05. The Bertz CT molecular complexity index is 2680. The summed E-state index contributed by atoms with van der Waals surface area (Å²) < 4.78 is 8.71. The Kier molecular flexibility index (Phi) is 7.04. The molecule has 8 aromatic carbocycles. The maximum atomic E-state index is 6.05. The van der Waals surface area contributed by atoms with Crippen LogP contribution in [-0.4, -0.2) is 0 Å². The molecule has 0 fully saturated rings. The Hall–Kier alpha value is -6.42. The maximum Gasteiger partial charge on any atom is 0.135 e. The highest BCUT2D eigenvalue weighted by Crippen LogP contribution is 2.38. The molecule has 10 aromatic rings. The summed E-state index contributed by atoms with van der Waals surface area (Å²) >= 11 is 1.86. The number of rotatable bonds is 6. The van der Waals surface area contributed by atoms with Crippen molar-refractivity contribution >= 4 is 64.8 Å². The van der Waals surface area contributed by atoms with Crippen molar-refractivity contribution in [3.63, 3.8) is 0 Å². The van der Waals surface area contributed by atoms with Gasteiger partial charge in [-0.1, -0.05) is 109 Å². The molecule has 3 heteroatoms. The van der Waals surface area contributed by atoms with E-state index in [1.807, 2.05) is 23.5 Å². The van der Waals surface area contributed by atoms with Crippen LogP contribution in [-0.2, 0) is 0 Å². The van der Waals surface area contributed by atoms with Crippen LogP contribution in [0.3, 0.4) is 0 Å². The van der Waals surface area contributed by atoms with E-state index in [1.165, 1.54) is 64.7 Å². The number of thiophene rings is 1. The lowest BCUT2D eigenvalue weighted by Gasteiger charge is -2.11. The van der Waals surface area contributed by atoms with Gasteiger partial charge in [-0.3, -0.25) is 0 Å². The van der Waals surface area contributed by atoms with Crippen LogP contribution in [0.25, 0.3) is 86.6 Å². The summed E-state index contributed by atoms with van der Waals surface area (Å²) in [5, 5.41) is 8.53. The first-order chi connectivity index (χ1) is 25.2. The number of para-hydroxylation sites is 1. The highest BCUT2D eigenvalue weighted by molar-refractivity contribution is 7.25. The molecule has 0 aliphatic carbocycles. The van der Waals surface area contributed by atoms with E-state index >= 15 is 0 Å². The third-order valence-corrected chi connectivity index (χ3v) is 11.0. The van der Waals surface area contributed by atoms with E-state index in [0.717, 1.165) is 33.3 Å². The normalized spacial score (nSPS) is 11.5. The number of hydrogen-bond donors (Lipinski definition) is 1. The molecule has 0 aliphatic heterocycles. The fraction of sp³-hybridized carbons (Fsp3) is 0. The molecule has 0 saturated carbocycles. The lowest BCUT2D eigenvalue weighted by atomic mass is 9.97. The Morgan fingerprint density at radius 2 is 0.784 bits per heavy atom. The van der Waals surface area contributed by atoms with Crippen molar-refractivity contribution in [2.24, 2.45) is 0 Å². The van der Waals surface area contributed by atoms with E-state index < -0.39 is 0 Å². The third kappa shape index (κ3) is 5.45. The molecule has 0 atom stereocenters. The molecule has 0 saturated heterocycles. The van der Waals surface area contributed by atoms with Crippen LogP contribution in [0.2, 0.25) is 0 Å². The van der Waals surface area contributed by atoms with Crippen molar-refractivity contribution in [3.05, 3.63) is 182 Å². The standard InChI is InChI=1S/C48H31NOS/c1-3-13-45-41(11-1)43-29-37(19-25-46(43)50-45)35-9-5-7-33(27-35)31-15-21-39(22-16-31)49-40-23-17-32(18-24-40)34-8-6-10-36(28-34)38-20-26-48-44(30-38)42-12-2-4-14-47(42)51-48/h1-30,49H. The van der Waals surface area contributed by atoms with Crippen LogP contribution in [0.4, 0.5) is 11.4 Å². The van der Waals surface area contributed by atoms with E-state index in [4.69, 9.17) is 4.42 Å². The van der Waals surface area contributed by atoms with Crippen LogP contribution in [0.5, 0.6) is 0 Å². The lowest BCUT2D eigenvalue weighted by molar-refractivity contribution is 0.669. The summed E-state index contributed by atoms with van der Waals surface area (Å²) in [4.78, 5) is 0. The zero-order valence-electron chi connectivity index (χ0n) is 27.6. The molecule has 51 heavy (non-hydrogen) atoms. The van der Waals surface area contributed by atoms with Crippen molar-refractivity contribution in [3.8, 4) is 44.5 Å². The van der Waals surface area contributed by atoms with Crippen molar-refractivity contribution < 1.29 is 4.42 Å². The first-order valence-electron chi connectivity index (χ1n) is 17.2. The highest BCUT2D eigenvalue weighted by Gasteiger charge is 2.10. The summed E-state index contributed by atoms with van der Waals surface area (Å²) in [5.41, 5.74) is 13.5. The molecule has 1 N–H and O–H groups in total. The van der Waals surface area contributed by atoms with Crippen LogP contribution in [0.1, 0.15) is 0 Å². The summed E-state index contributed by atoms with van der Waals surface area (Å²) in [5.74, 6) is 0. The summed E-state index contributed by atoms with van der Waals surface area (Å²) in [6, 6.07) is 65.2. The van der Waals surface area contributed by atoms with Crippen molar-refractivity contribution in [1.29, 1.82) is 0 Å². The third-order valence-electron chi connectivity index (χ3n) is 9.87. The number of hydrogen-bond acceptors (Lipinski definition) is 3. The van der Waals surface area contributed by atoms with Crippen LogP contribution < -0.4 is 5.32 Å². The number of fused-ring (bicyclic) bond motifs is 6. The molecular weight excluding hydrogens is 639 g/mol. The first kappa shape index (κ1) is 29.5. The highest BCUT2D eigenvalue weighted by atomic mass is 32.1. The average Bonchev–Trinajstić information content (AvgIpc) is 3.76. The number of benzene rings is 8. The molecule has 0 radical (unpaired) electrons. The molecule has 0 unspecified atom stereocenters. The van der Waals surface area contributed by atoms with Gasteiger partial charge in [-0.2, -0.15) is 0 Å². The molecule has 0 aliphatic rings. The summed E-state index contributed by atoms with van der Waals surface area (Å²) in [6.45, 7) is 0. The molecule has 2 aromatic heterocycles. The van der Waals surface area contributed by atoms with Crippen LogP contribution in [0, 0.1) is 0 Å². The van der Waals surface area contributed by atoms with Crippen molar-refractivity contribution in [2.75, 3.05) is 5.32 Å². The smallest absolute Gasteiger partial charge is 0.135 e. The Morgan fingerprint density at radius 3 is 1.45 bits per heavy atom. The van der Waals surface area contributed by atoms with Gasteiger partial charge in [0.05, 0.1) is 0 Å². The zero-order chi connectivity index (χ0) is 33.7. The van der Waals surface area contributed by atoms with Gasteiger partial charge >= 0.3 is 0 Å². The van der Waals surface area contributed by atoms with E-state index in [0.29, 0.717) is 0 Å². The van der Waals surface area contributed by atoms with Gasteiger partial charge in [0.15, 0.2) is 0 Å². The molecule has 2 nitrogen and oxygen atoms in total. The van der Waals surface area contributed by atoms with Gasteiger partial charge in [-0.25, -0.2) is 0 Å². The number of nitrogens with one attached hydrogen (secondary N) is 1. The Labute approximate surface area is 299 Å². The van der Waals surface area contributed by atoms with Crippen LogP contribution >= 0.6 is 11.3 Å².